The average Bonchev–Trinajstić information content (AvgIpc) is 3.37. The minimum absolute atomic E-state index is 0.475. The highest BCUT2D eigenvalue weighted by Gasteiger charge is 2.20. The Kier molecular flexibility index (Phi) is 5.09. The molecular weight excluding hydrogens is 310 g/mol. The summed E-state index contributed by atoms with van der Waals surface area (Å²) in [7, 11) is 1.64. The summed E-state index contributed by atoms with van der Waals surface area (Å²) in [5, 5.41) is 4.07. The summed E-state index contributed by atoms with van der Waals surface area (Å²) in [6.45, 7) is 3.35. The summed E-state index contributed by atoms with van der Waals surface area (Å²) in [4.78, 5) is 0. The molecule has 1 saturated carbocycles. The third-order valence-electron chi connectivity index (χ3n) is 4.09. The van der Waals surface area contributed by atoms with Gasteiger partial charge >= 0.3 is 0 Å². The van der Waals surface area contributed by atoms with Gasteiger partial charge in [-0.1, -0.05) is 35.9 Å². The molecule has 1 fully saturated rings. The van der Waals surface area contributed by atoms with Crippen LogP contribution in [0.25, 0.3) is 0 Å². The van der Waals surface area contributed by atoms with Crippen molar-refractivity contribution in [2.75, 3.05) is 7.11 Å². The first-order valence-corrected chi connectivity index (χ1v) is 8.32. The first-order valence-electron chi connectivity index (χ1n) is 7.94. The third-order valence-corrected chi connectivity index (χ3v) is 4.38. The Morgan fingerprint density at radius 3 is 2.70 bits per heavy atom. The van der Waals surface area contributed by atoms with Crippen LogP contribution in [0.5, 0.6) is 11.5 Å². The van der Waals surface area contributed by atoms with E-state index in [2.05, 4.69) is 24.4 Å². The van der Waals surface area contributed by atoms with Gasteiger partial charge in [0.25, 0.3) is 0 Å². The lowest BCUT2D eigenvalue weighted by atomic mass is 10.1. The molecule has 1 aliphatic rings. The van der Waals surface area contributed by atoms with Gasteiger partial charge in [-0.3, -0.25) is 0 Å². The SMILES string of the molecule is COc1cc(CNC2CC2)cc(Cl)c1OCc1ccccc1C. The second-order valence-corrected chi connectivity index (χ2v) is 6.39. The van der Waals surface area contributed by atoms with Crippen LogP contribution in [0.2, 0.25) is 5.02 Å². The first kappa shape index (κ1) is 16.2. The van der Waals surface area contributed by atoms with Gasteiger partial charge in [0.2, 0.25) is 0 Å². The largest absolute Gasteiger partial charge is 0.493 e. The quantitative estimate of drug-likeness (QED) is 0.811. The Hall–Kier alpha value is -1.71. The van der Waals surface area contributed by atoms with E-state index in [1.165, 1.54) is 18.4 Å². The van der Waals surface area contributed by atoms with Crippen molar-refractivity contribution in [3.63, 3.8) is 0 Å². The van der Waals surface area contributed by atoms with Gasteiger partial charge < -0.3 is 14.8 Å². The number of aryl methyl sites for hydroxylation is 1. The molecule has 0 aliphatic heterocycles. The van der Waals surface area contributed by atoms with Gasteiger partial charge in [0.1, 0.15) is 6.61 Å². The van der Waals surface area contributed by atoms with E-state index in [1.54, 1.807) is 7.11 Å². The molecule has 2 aromatic rings. The van der Waals surface area contributed by atoms with E-state index in [9.17, 15) is 0 Å². The molecule has 0 aromatic heterocycles. The predicted molar refractivity (Wildman–Crippen MR) is 93.4 cm³/mol. The van der Waals surface area contributed by atoms with Crippen LogP contribution in [0.3, 0.4) is 0 Å². The molecule has 0 atom stereocenters. The highest BCUT2D eigenvalue weighted by atomic mass is 35.5. The Bertz CT molecular complexity index is 683. The van der Waals surface area contributed by atoms with Crippen LogP contribution in [0.1, 0.15) is 29.5 Å². The summed E-state index contributed by atoms with van der Waals surface area (Å²) < 4.78 is 11.4. The molecule has 4 heteroatoms. The molecule has 3 rings (SSSR count). The molecular formula is C19H22ClNO2. The fourth-order valence-corrected chi connectivity index (χ4v) is 2.77. The molecule has 0 saturated heterocycles. The maximum Gasteiger partial charge on any atom is 0.180 e. The molecule has 0 amide bonds. The predicted octanol–water partition coefficient (Wildman–Crippen LogP) is 4.49. The monoisotopic (exact) mass is 331 g/mol. The minimum Gasteiger partial charge on any atom is -0.493 e. The summed E-state index contributed by atoms with van der Waals surface area (Å²) >= 11 is 6.42. The minimum atomic E-state index is 0.475. The molecule has 0 heterocycles. The van der Waals surface area contributed by atoms with E-state index in [4.69, 9.17) is 21.1 Å². The Morgan fingerprint density at radius 1 is 1.22 bits per heavy atom. The topological polar surface area (TPSA) is 30.5 Å². The van der Waals surface area contributed by atoms with Crippen LogP contribution in [0, 0.1) is 6.92 Å². The Labute approximate surface area is 142 Å². The van der Waals surface area contributed by atoms with Gasteiger partial charge in [-0.2, -0.15) is 0 Å². The second kappa shape index (κ2) is 7.24. The van der Waals surface area contributed by atoms with Gasteiger partial charge in [0.05, 0.1) is 12.1 Å². The van der Waals surface area contributed by atoms with Crippen molar-refractivity contribution < 1.29 is 9.47 Å². The summed E-state index contributed by atoms with van der Waals surface area (Å²) in [6, 6.07) is 12.8. The van der Waals surface area contributed by atoms with Crippen molar-refractivity contribution in [1.29, 1.82) is 0 Å². The second-order valence-electron chi connectivity index (χ2n) is 5.98. The fourth-order valence-electron chi connectivity index (χ4n) is 2.49. The van der Waals surface area contributed by atoms with Gasteiger partial charge in [-0.05, 0) is 48.6 Å². The smallest absolute Gasteiger partial charge is 0.180 e. The van der Waals surface area contributed by atoms with Gasteiger partial charge in [0.15, 0.2) is 11.5 Å². The van der Waals surface area contributed by atoms with Crippen LogP contribution >= 0.6 is 11.6 Å². The lowest BCUT2D eigenvalue weighted by Gasteiger charge is -2.15. The van der Waals surface area contributed by atoms with E-state index in [1.807, 2.05) is 24.3 Å². The third kappa shape index (κ3) is 4.18. The molecule has 122 valence electrons. The molecule has 0 bridgehead atoms. The first-order chi connectivity index (χ1) is 11.2. The molecule has 0 radical (unpaired) electrons. The molecule has 0 unspecified atom stereocenters. The zero-order valence-corrected chi connectivity index (χ0v) is 14.3. The fraction of sp³-hybridized carbons (Fsp3) is 0.368. The van der Waals surface area contributed by atoms with Crippen LogP contribution < -0.4 is 14.8 Å². The van der Waals surface area contributed by atoms with Crippen LogP contribution in [-0.4, -0.2) is 13.2 Å². The number of nitrogens with one attached hydrogen (secondary N) is 1. The Balaban J connectivity index is 1.73. The molecule has 2 aromatic carbocycles. The molecule has 1 aliphatic carbocycles. The van der Waals surface area contributed by atoms with Crippen molar-refractivity contribution in [2.24, 2.45) is 0 Å². The van der Waals surface area contributed by atoms with Gasteiger partial charge in [-0.25, -0.2) is 0 Å². The maximum atomic E-state index is 6.42. The van der Waals surface area contributed by atoms with E-state index in [-0.39, 0.29) is 0 Å². The Morgan fingerprint density at radius 2 is 2.00 bits per heavy atom. The van der Waals surface area contributed by atoms with E-state index in [0.717, 1.165) is 17.7 Å². The van der Waals surface area contributed by atoms with Crippen LogP contribution in [0.15, 0.2) is 36.4 Å². The number of methoxy groups -OCH3 is 1. The number of halogens is 1. The number of hydrogen-bond acceptors (Lipinski definition) is 3. The standard InChI is InChI=1S/C19H22ClNO2/c1-13-5-3-4-6-15(13)12-23-19-17(20)9-14(10-18(19)22-2)11-21-16-7-8-16/h3-6,9-10,16,21H,7-8,11-12H2,1-2H3. The highest BCUT2D eigenvalue weighted by Crippen LogP contribution is 2.37. The van der Waals surface area contributed by atoms with E-state index < -0.39 is 0 Å². The van der Waals surface area contributed by atoms with E-state index in [0.29, 0.717) is 29.2 Å². The zero-order valence-electron chi connectivity index (χ0n) is 13.6. The average molecular weight is 332 g/mol. The molecule has 23 heavy (non-hydrogen) atoms. The number of benzene rings is 2. The zero-order chi connectivity index (χ0) is 16.2. The van der Waals surface area contributed by atoms with Crippen LogP contribution in [0.4, 0.5) is 0 Å². The van der Waals surface area contributed by atoms with E-state index >= 15 is 0 Å². The number of rotatable bonds is 7. The lowest BCUT2D eigenvalue weighted by Crippen LogP contribution is -2.15. The molecule has 3 nitrogen and oxygen atoms in total. The highest BCUT2D eigenvalue weighted by molar-refractivity contribution is 6.32. The summed E-state index contributed by atoms with van der Waals surface area (Å²) in [5.41, 5.74) is 3.46. The van der Waals surface area contributed by atoms with Crippen molar-refractivity contribution in [2.45, 2.75) is 39.0 Å². The van der Waals surface area contributed by atoms with Crippen molar-refractivity contribution >= 4 is 11.6 Å². The molecule has 1 N–H and O–H groups in total. The summed E-state index contributed by atoms with van der Waals surface area (Å²) in [6.07, 6.45) is 2.53. The van der Waals surface area contributed by atoms with Crippen molar-refractivity contribution in [3.8, 4) is 11.5 Å². The normalized spacial score (nSPS) is 13.9. The van der Waals surface area contributed by atoms with Gasteiger partial charge in [-0.15, -0.1) is 0 Å². The van der Waals surface area contributed by atoms with Crippen molar-refractivity contribution in [3.05, 3.63) is 58.1 Å². The number of hydrogen-bond donors (Lipinski definition) is 1. The lowest BCUT2D eigenvalue weighted by molar-refractivity contribution is 0.284. The van der Waals surface area contributed by atoms with Gasteiger partial charge in [0, 0.05) is 12.6 Å². The molecule has 0 spiro atoms. The van der Waals surface area contributed by atoms with Crippen LogP contribution in [-0.2, 0) is 13.2 Å². The summed E-state index contributed by atoms with van der Waals surface area (Å²) in [5.74, 6) is 1.28. The maximum absolute atomic E-state index is 6.42. The van der Waals surface area contributed by atoms with Crippen molar-refractivity contribution in [1.82, 2.24) is 5.32 Å². The number of ether oxygens (including phenoxy) is 2.